The Morgan fingerprint density at radius 1 is 1.08 bits per heavy atom. The van der Waals surface area contributed by atoms with Crippen molar-refractivity contribution in [2.75, 3.05) is 6.61 Å². The fraction of sp³-hybridized carbons (Fsp3) is 0.263. The zero-order valence-electron chi connectivity index (χ0n) is 14.8. The summed E-state index contributed by atoms with van der Waals surface area (Å²) in [4.78, 5) is 1.20. The smallest absolute Gasteiger partial charge is 0.247 e. The molecule has 0 radical (unpaired) electrons. The van der Waals surface area contributed by atoms with Crippen molar-refractivity contribution >= 4 is 21.4 Å². The highest BCUT2D eigenvalue weighted by Gasteiger charge is 2.28. The van der Waals surface area contributed by atoms with E-state index in [2.05, 4.69) is 0 Å². The summed E-state index contributed by atoms with van der Waals surface area (Å²) in [6.45, 7) is 2.88. The number of para-hydroxylation sites is 1. The molecule has 138 valence electrons. The Labute approximate surface area is 158 Å². The predicted molar refractivity (Wildman–Crippen MR) is 104 cm³/mol. The van der Waals surface area contributed by atoms with E-state index in [0.717, 1.165) is 10.6 Å². The van der Waals surface area contributed by atoms with E-state index in [-0.39, 0.29) is 4.90 Å². The summed E-state index contributed by atoms with van der Waals surface area (Å²) in [6, 6.07) is 14.5. The van der Waals surface area contributed by atoms with Gasteiger partial charge < -0.3 is 9.30 Å². The first kappa shape index (κ1) is 18.7. The van der Waals surface area contributed by atoms with Crippen molar-refractivity contribution in [3.8, 4) is 5.75 Å². The molecule has 0 aliphatic rings. The lowest BCUT2D eigenvalue weighted by atomic mass is 10.3. The zero-order chi connectivity index (χ0) is 18.6. The molecule has 2 aromatic heterocycles. The lowest BCUT2D eigenvalue weighted by Crippen LogP contribution is -2.31. The second-order valence-corrected chi connectivity index (χ2v) is 8.78. The van der Waals surface area contributed by atoms with Crippen LogP contribution in [-0.4, -0.2) is 23.9 Å². The fourth-order valence-electron chi connectivity index (χ4n) is 2.72. The summed E-state index contributed by atoms with van der Waals surface area (Å²) < 4.78 is 35.9. The lowest BCUT2D eigenvalue weighted by Gasteiger charge is -2.23. The van der Waals surface area contributed by atoms with Crippen LogP contribution in [0.25, 0.3) is 0 Å². The van der Waals surface area contributed by atoms with Crippen LogP contribution in [0.3, 0.4) is 0 Å². The van der Waals surface area contributed by atoms with Crippen molar-refractivity contribution in [1.82, 2.24) is 8.87 Å². The average Bonchev–Trinajstić information content (AvgIpc) is 3.27. The molecule has 26 heavy (non-hydrogen) atoms. The maximum atomic E-state index is 13.4. The number of aryl methyl sites for hydroxylation is 1. The van der Waals surface area contributed by atoms with Crippen LogP contribution in [0.1, 0.15) is 17.5 Å². The maximum Gasteiger partial charge on any atom is 0.247 e. The molecule has 0 spiro atoms. The van der Waals surface area contributed by atoms with Gasteiger partial charge in [0.2, 0.25) is 10.0 Å². The van der Waals surface area contributed by atoms with Crippen molar-refractivity contribution < 1.29 is 13.2 Å². The van der Waals surface area contributed by atoms with Gasteiger partial charge in [0.25, 0.3) is 0 Å². The summed E-state index contributed by atoms with van der Waals surface area (Å²) in [6.07, 6.45) is 1.92. The monoisotopic (exact) mass is 390 g/mol. The molecule has 0 unspecified atom stereocenters. The first-order chi connectivity index (χ1) is 12.5. The topological polar surface area (TPSA) is 51.5 Å². The van der Waals surface area contributed by atoms with Gasteiger partial charge in [0.1, 0.15) is 10.6 Å². The molecular weight excluding hydrogens is 368 g/mol. The second kappa shape index (κ2) is 8.07. The van der Waals surface area contributed by atoms with Gasteiger partial charge in [-0.25, -0.2) is 8.42 Å². The van der Waals surface area contributed by atoms with E-state index >= 15 is 0 Å². The van der Waals surface area contributed by atoms with Crippen molar-refractivity contribution in [1.29, 1.82) is 0 Å². The highest BCUT2D eigenvalue weighted by molar-refractivity contribution is 7.89. The van der Waals surface area contributed by atoms with Gasteiger partial charge in [-0.3, -0.25) is 0 Å². The molecule has 0 saturated heterocycles. The van der Waals surface area contributed by atoms with Gasteiger partial charge in [0.15, 0.2) is 0 Å². The molecule has 0 saturated carbocycles. The number of aromatic nitrogens is 1. The molecule has 0 aliphatic heterocycles. The van der Waals surface area contributed by atoms with Gasteiger partial charge in [0.05, 0.1) is 13.2 Å². The Hall–Kier alpha value is -2.09. The number of nitrogens with zero attached hydrogens (tertiary/aromatic N) is 2. The van der Waals surface area contributed by atoms with Gasteiger partial charge in [-0.15, -0.1) is 11.3 Å². The Kier molecular flexibility index (Phi) is 5.80. The van der Waals surface area contributed by atoms with E-state index in [4.69, 9.17) is 4.74 Å². The van der Waals surface area contributed by atoms with Crippen molar-refractivity contribution in [3.05, 3.63) is 70.7 Å². The normalized spacial score (nSPS) is 11.8. The van der Waals surface area contributed by atoms with E-state index in [0.29, 0.717) is 25.4 Å². The van der Waals surface area contributed by atoms with Gasteiger partial charge in [-0.2, -0.15) is 4.31 Å². The molecule has 0 atom stereocenters. The number of rotatable bonds is 8. The Morgan fingerprint density at radius 3 is 2.54 bits per heavy atom. The highest BCUT2D eigenvalue weighted by atomic mass is 32.2. The predicted octanol–water partition coefficient (Wildman–Crippen LogP) is 3.88. The second-order valence-electron chi connectivity index (χ2n) is 5.84. The molecule has 1 aromatic carbocycles. The number of hydrogen-bond donors (Lipinski definition) is 0. The molecule has 3 rings (SSSR count). The van der Waals surface area contributed by atoms with E-state index in [1.807, 2.05) is 54.4 Å². The van der Waals surface area contributed by atoms with Crippen LogP contribution >= 0.6 is 11.3 Å². The molecular formula is C19H22N2O3S2. The third-order valence-electron chi connectivity index (χ3n) is 4.07. The summed E-state index contributed by atoms with van der Waals surface area (Å²) in [7, 11) is -1.81. The molecule has 3 aromatic rings. The Balaban J connectivity index is 2.00. The molecule has 5 nitrogen and oxygen atoms in total. The number of benzene rings is 1. The van der Waals surface area contributed by atoms with Gasteiger partial charge in [0, 0.05) is 30.4 Å². The standard InChI is InChI=1S/C19H22N2O3S2/c1-3-24-18-10-4-5-11-19(18)26(22,23)21(15-17-9-7-13-25-17)14-16-8-6-12-20(16)2/h4-13H,3,14-15H2,1-2H3. The first-order valence-electron chi connectivity index (χ1n) is 8.37. The van der Waals surface area contributed by atoms with Crippen LogP contribution < -0.4 is 4.74 Å². The molecule has 0 aliphatic carbocycles. The van der Waals surface area contributed by atoms with Crippen LogP contribution in [0.4, 0.5) is 0 Å². The Bertz CT molecular complexity index is 947. The third-order valence-corrected chi connectivity index (χ3v) is 6.76. The van der Waals surface area contributed by atoms with Crippen molar-refractivity contribution in [2.45, 2.75) is 24.9 Å². The molecule has 0 amide bonds. The van der Waals surface area contributed by atoms with E-state index in [1.54, 1.807) is 35.6 Å². The summed E-state index contributed by atoms with van der Waals surface area (Å²) in [5.41, 5.74) is 0.930. The minimum absolute atomic E-state index is 0.201. The molecule has 0 fully saturated rings. The van der Waals surface area contributed by atoms with Gasteiger partial charge in [-0.1, -0.05) is 18.2 Å². The average molecular weight is 391 g/mol. The summed E-state index contributed by atoms with van der Waals surface area (Å²) in [5, 5.41) is 1.96. The summed E-state index contributed by atoms with van der Waals surface area (Å²) in [5.74, 6) is 0.387. The van der Waals surface area contributed by atoms with Crippen LogP contribution in [0.2, 0.25) is 0 Å². The minimum Gasteiger partial charge on any atom is -0.492 e. The number of hydrogen-bond acceptors (Lipinski definition) is 4. The maximum absolute atomic E-state index is 13.4. The molecule has 2 heterocycles. The number of thiophene rings is 1. The van der Waals surface area contributed by atoms with Crippen molar-refractivity contribution in [3.63, 3.8) is 0 Å². The van der Waals surface area contributed by atoms with Crippen LogP contribution in [0.15, 0.2) is 65.0 Å². The molecule has 7 heteroatoms. The van der Waals surface area contributed by atoms with Gasteiger partial charge in [-0.05, 0) is 42.6 Å². The number of sulfonamides is 1. The lowest BCUT2D eigenvalue weighted by molar-refractivity contribution is 0.327. The van der Waals surface area contributed by atoms with Crippen LogP contribution in [0, 0.1) is 0 Å². The van der Waals surface area contributed by atoms with E-state index in [9.17, 15) is 8.42 Å². The quantitative estimate of drug-likeness (QED) is 0.587. The Morgan fingerprint density at radius 2 is 1.88 bits per heavy atom. The number of ether oxygens (including phenoxy) is 1. The molecule has 0 N–H and O–H groups in total. The van der Waals surface area contributed by atoms with Crippen LogP contribution in [-0.2, 0) is 30.2 Å². The SMILES string of the molecule is CCOc1ccccc1S(=O)(=O)N(Cc1cccs1)Cc1cccn1C. The third kappa shape index (κ3) is 4.00. The van der Waals surface area contributed by atoms with E-state index < -0.39 is 10.0 Å². The first-order valence-corrected chi connectivity index (χ1v) is 10.7. The van der Waals surface area contributed by atoms with Gasteiger partial charge >= 0.3 is 0 Å². The highest BCUT2D eigenvalue weighted by Crippen LogP contribution is 2.29. The van der Waals surface area contributed by atoms with Crippen molar-refractivity contribution in [2.24, 2.45) is 7.05 Å². The van der Waals surface area contributed by atoms with Crippen LogP contribution in [0.5, 0.6) is 5.75 Å². The zero-order valence-corrected chi connectivity index (χ0v) is 16.5. The summed E-state index contributed by atoms with van der Waals surface area (Å²) >= 11 is 1.55. The largest absolute Gasteiger partial charge is 0.492 e. The van der Waals surface area contributed by atoms with E-state index in [1.165, 1.54) is 4.31 Å². The molecule has 0 bridgehead atoms. The minimum atomic E-state index is -3.72. The fourth-order valence-corrected chi connectivity index (χ4v) is 5.04.